The highest BCUT2D eigenvalue weighted by Crippen LogP contribution is 1.91. The van der Waals surface area contributed by atoms with Crippen LogP contribution in [0.25, 0.3) is 0 Å². The highest BCUT2D eigenvalue weighted by molar-refractivity contribution is 5.15. The zero-order valence-electron chi connectivity index (χ0n) is 8.27. The molecule has 0 fully saturated rings. The van der Waals surface area contributed by atoms with Crippen molar-refractivity contribution >= 4 is 0 Å². The van der Waals surface area contributed by atoms with Gasteiger partial charge in [0.2, 0.25) is 0 Å². The maximum Gasteiger partial charge on any atom is 0.0101 e. The lowest BCUT2D eigenvalue weighted by Crippen LogP contribution is -1.69. The molecule has 0 aliphatic rings. The largest absolute Gasteiger partial charge is 0.0985 e. The second-order valence-corrected chi connectivity index (χ2v) is 2.51. The quantitative estimate of drug-likeness (QED) is 0.452. The molecule has 0 heteroatoms. The van der Waals surface area contributed by atoms with E-state index in [9.17, 15) is 0 Å². The lowest BCUT2D eigenvalue weighted by atomic mass is 10.2. The van der Waals surface area contributed by atoms with Gasteiger partial charge in [0.25, 0.3) is 0 Å². The number of hydrogen-bond acceptors (Lipinski definition) is 0. The van der Waals surface area contributed by atoms with Crippen LogP contribution in [0.2, 0.25) is 0 Å². The van der Waals surface area contributed by atoms with Gasteiger partial charge in [-0.2, -0.15) is 0 Å². The van der Waals surface area contributed by atoms with Gasteiger partial charge >= 0.3 is 0 Å². The summed E-state index contributed by atoms with van der Waals surface area (Å²) in [6.45, 7) is 5.62. The molecule has 0 aliphatic carbocycles. The lowest BCUT2D eigenvalue weighted by molar-refractivity contribution is 0.904. The topological polar surface area (TPSA) is 0 Å². The molecule has 0 unspecified atom stereocenters. The first-order chi connectivity index (χ1) is 6.41. The predicted octanol–water partition coefficient (Wildman–Crippen LogP) is 3.32. The average molecular weight is 172 g/mol. The Morgan fingerprint density at radius 2 is 1.85 bits per heavy atom. The molecule has 0 aromatic rings. The third-order valence-corrected chi connectivity index (χ3v) is 1.35. The maximum atomic E-state index is 3.52. The molecular formula is C13H16. The third-order valence-electron chi connectivity index (χ3n) is 1.35. The lowest BCUT2D eigenvalue weighted by Gasteiger charge is -1.82. The zero-order chi connectivity index (χ0) is 9.78. The fourth-order valence-electron chi connectivity index (χ4n) is 0.717. The van der Waals surface area contributed by atoms with Crippen LogP contribution in [-0.2, 0) is 0 Å². The highest BCUT2D eigenvalue weighted by Gasteiger charge is 1.77. The number of allylic oxidation sites excluding steroid dienone is 3. The van der Waals surface area contributed by atoms with Crippen molar-refractivity contribution in [3.63, 3.8) is 0 Å². The number of hydrogen-bond donors (Lipinski definition) is 0. The van der Waals surface area contributed by atoms with Crippen molar-refractivity contribution in [1.82, 2.24) is 0 Å². The molecule has 0 rings (SSSR count). The van der Waals surface area contributed by atoms with Crippen LogP contribution in [0.15, 0.2) is 24.8 Å². The van der Waals surface area contributed by atoms with Crippen LogP contribution >= 0.6 is 0 Å². The Labute approximate surface area is 81.7 Å². The van der Waals surface area contributed by atoms with Crippen LogP contribution < -0.4 is 0 Å². The van der Waals surface area contributed by atoms with Crippen molar-refractivity contribution in [2.24, 2.45) is 0 Å². The van der Waals surface area contributed by atoms with E-state index in [1.807, 2.05) is 6.08 Å². The van der Waals surface area contributed by atoms with Gasteiger partial charge in [0, 0.05) is 12.8 Å². The Bertz CT molecular complexity index is 260. The minimum absolute atomic E-state index is 0.915. The maximum absolute atomic E-state index is 3.52. The second-order valence-electron chi connectivity index (χ2n) is 2.51. The van der Waals surface area contributed by atoms with Crippen LogP contribution in [0.5, 0.6) is 0 Å². The van der Waals surface area contributed by atoms with Crippen LogP contribution in [0.1, 0.15) is 32.6 Å². The molecule has 0 radical (unpaired) electrons. The summed E-state index contributed by atoms with van der Waals surface area (Å²) < 4.78 is 0. The molecule has 68 valence electrons. The summed E-state index contributed by atoms with van der Waals surface area (Å²) in [5.74, 6) is 11.8. The van der Waals surface area contributed by atoms with Gasteiger partial charge in [-0.05, 0) is 25.0 Å². The molecule has 0 aliphatic heterocycles. The molecule has 0 spiro atoms. The molecule has 0 heterocycles. The van der Waals surface area contributed by atoms with E-state index in [0.29, 0.717) is 0 Å². The van der Waals surface area contributed by atoms with Crippen LogP contribution in [0, 0.1) is 23.7 Å². The van der Waals surface area contributed by atoms with Gasteiger partial charge in [-0.15, -0.1) is 0 Å². The Hall–Kier alpha value is -1.40. The molecule has 0 atom stereocenters. The highest BCUT2D eigenvalue weighted by atomic mass is 13.8. The van der Waals surface area contributed by atoms with Crippen molar-refractivity contribution in [3.8, 4) is 23.7 Å². The summed E-state index contributed by atoms with van der Waals surface area (Å²) in [6.07, 6.45) is 9.54. The van der Waals surface area contributed by atoms with Gasteiger partial charge in [-0.25, -0.2) is 0 Å². The molecule has 0 aromatic carbocycles. The molecule has 0 N–H and O–H groups in total. The Balaban J connectivity index is 3.37. The molecule has 0 bridgehead atoms. The Morgan fingerprint density at radius 1 is 1.15 bits per heavy atom. The summed E-state index contributed by atoms with van der Waals surface area (Å²) in [5, 5.41) is 0. The summed E-state index contributed by atoms with van der Waals surface area (Å²) >= 11 is 0. The van der Waals surface area contributed by atoms with Crippen molar-refractivity contribution in [1.29, 1.82) is 0 Å². The summed E-state index contributed by atoms with van der Waals surface area (Å²) in [4.78, 5) is 0. The van der Waals surface area contributed by atoms with Gasteiger partial charge < -0.3 is 0 Å². The van der Waals surface area contributed by atoms with Gasteiger partial charge in [0.15, 0.2) is 0 Å². The molecule has 0 amide bonds. The zero-order valence-corrected chi connectivity index (χ0v) is 8.27. The first kappa shape index (κ1) is 11.6. The standard InChI is InChI=1S/C13H16/c1-3-5-7-9-11-13-12-10-8-6-4-2/h3,6,8H,1,4,9,11,13H2,2H3. The molecule has 0 aromatic heterocycles. The monoisotopic (exact) mass is 172 g/mol. The fourth-order valence-corrected chi connectivity index (χ4v) is 0.717. The van der Waals surface area contributed by atoms with Crippen molar-refractivity contribution in [3.05, 3.63) is 24.8 Å². The van der Waals surface area contributed by atoms with E-state index in [2.05, 4.69) is 43.3 Å². The van der Waals surface area contributed by atoms with Gasteiger partial charge in [-0.1, -0.05) is 43.3 Å². The summed E-state index contributed by atoms with van der Waals surface area (Å²) in [5.41, 5.74) is 0. The predicted molar refractivity (Wildman–Crippen MR) is 59.0 cm³/mol. The molecule has 0 saturated heterocycles. The molecule has 0 nitrogen and oxygen atoms in total. The van der Waals surface area contributed by atoms with Crippen LogP contribution in [0.3, 0.4) is 0 Å². The molecular weight excluding hydrogens is 156 g/mol. The van der Waals surface area contributed by atoms with Crippen LogP contribution in [0.4, 0.5) is 0 Å². The smallest absolute Gasteiger partial charge is 0.0101 e. The summed E-state index contributed by atoms with van der Waals surface area (Å²) in [6, 6.07) is 0. The average Bonchev–Trinajstić information content (AvgIpc) is 2.16. The minimum Gasteiger partial charge on any atom is -0.0985 e. The van der Waals surface area contributed by atoms with E-state index in [-0.39, 0.29) is 0 Å². The van der Waals surface area contributed by atoms with Crippen molar-refractivity contribution in [2.75, 3.05) is 0 Å². The van der Waals surface area contributed by atoms with E-state index in [1.54, 1.807) is 6.08 Å². The van der Waals surface area contributed by atoms with E-state index in [4.69, 9.17) is 0 Å². The Morgan fingerprint density at radius 3 is 2.46 bits per heavy atom. The van der Waals surface area contributed by atoms with Crippen LogP contribution in [-0.4, -0.2) is 0 Å². The Kier molecular flexibility index (Phi) is 9.46. The number of rotatable bonds is 3. The van der Waals surface area contributed by atoms with E-state index < -0.39 is 0 Å². The van der Waals surface area contributed by atoms with Gasteiger partial charge in [-0.3, -0.25) is 0 Å². The van der Waals surface area contributed by atoms with E-state index in [1.165, 1.54) is 0 Å². The second kappa shape index (κ2) is 10.6. The normalized spacial score (nSPS) is 8.38. The minimum atomic E-state index is 0.915. The fraction of sp³-hybridized carbons (Fsp3) is 0.385. The van der Waals surface area contributed by atoms with Gasteiger partial charge in [0.05, 0.1) is 0 Å². The molecule has 0 saturated carbocycles. The van der Waals surface area contributed by atoms with Crippen molar-refractivity contribution < 1.29 is 0 Å². The number of unbranched alkanes of at least 4 members (excludes halogenated alkanes) is 2. The van der Waals surface area contributed by atoms with E-state index >= 15 is 0 Å². The summed E-state index contributed by atoms with van der Waals surface area (Å²) in [7, 11) is 0. The first-order valence-corrected chi connectivity index (χ1v) is 4.64. The third kappa shape index (κ3) is 10.6. The van der Waals surface area contributed by atoms with E-state index in [0.717, 1.165) is 25.7 Å². The van der Waals surface area contributed by atoms with Crippen molar-refractivity contribution in [2.45, 2.75) is 32.6 Å². The van der Waals surface area contributed by atoms with Gasteiger partial charge in [0.1, 0.15) is 0 Å². The molecule has 13 heavy (non-hydrogen) atoms. The SMILES string of the molecule is C=CC#CCCCC#CC=CCC. The first-order valence-electron chi connectivity index (χ1n) is 4.64.